The second kappa shape index (κ2) is 3.56. The van der Waals surface area contributed by atoms with Crippen molar-refractivity contribution in [3.8, 4) is 12.3 Å². The highest BCUT2D eigenvalue weighted by atomic mass is 32.2. The van der Waals surface area contributed by atoms with Crippen molar-refractivity contribution < 1.29 is 8.42 Å². The van der Waals surface area contributed by atoms with E-state index in [-0.39, 0.29) is 6.04 Å². The molecule has 4 heteroatoms. The summed E-state index contributed by atoms with van der Waals surface area (Å²) in [5.74, 6) is 3.27. The lowest BCUT2D eigenvalue weighted by Gasteiger charge is -2.25. The van der Waals surface area contributed by atoms with Crippen LogP contribution in [-0.2, 0) is 9.84 Å². The van der Waals surface area contributed by atoms with Gasteiger partial charge in [0, 0.05) is 12.1 Å². The van der Waals surface area contributed by atoms with Crippen LogP contribution in [0.1, 0.15) is 19.3 Å². The third kappa shape index (κ3) is 2.10. The standard InChI is InChI=1S/C10H15NO2S/c1-2-6-11(9-3-4-9)10-5-7-14(12,13)8-10/h1,9-10H,3-8H2/t10-/m0/s1. The van der Waals surface area contributed by atoms with Crippen molar-refractivity contribution in [2.24, 2.45) is 0 Å². The first kappa shape index (κ1) is 10.0. The number of terminal acetylenes is 1. The van der Waals surface area contributed by atoms with E-state index in [1.54, 1.807) is 0 Å². The molecule has 0 aromatic rings. The molecular formula is C10H15NO2S. The summed E-state index contributed by atoms with van der Waals surface area (Å²) >= 11 is 0. The Balaban J connectivity index is 2.02. The van der Waals surface area contributed by atoms with E-state index in [0.717, 1.165) is 6.42 Å². The summed E-state index contributed by atoms with van der Waals surface area (Å²) in [5, 5.41) is 0. The maximum absolute atomic E-state index is 11.3. The predicted octanol–water partition coefficient (Wildman–Crippen LogP) is 0.271. The van der Waals surface area contributed by atoms with Crippen LogP contribution in [0.5, 0.6) is 0 Å². The van der Waals surface area contributed by atoms with E-state index in [2.05, 4.69) is 10.8 Å². The molecule has 0 N–H and O–H groups in total. The van der Waals surface area contributed by atoms with E-state index in [1.165, 1.54) is 12.8 Å². The molecule has 78 valence electrons. The van der Waals surface area contributed by atoms with Crippen LogP contribution in [-0.4, -0.2) is 43.5 Å². The molecule has 0 bridgehead atoms. The van der Waals surface area contributed by atoms with Gasteiger partial charge in [0.25, 0.3) is 0 Å². The van der Waals surface area contributed by atoms with Gasteiger partial charge in [0.1, 0.15) is 0 Å². The fraction of sp³-hybridized carbons (Fsp3) is 0.800. The van der Waals surface area contributed by atoms with E-state index in [4.69, 9.17) is 6.42 Å². The summed E-state index contributed by atoms with van der Waals surface area (Å²) in [6.07, 6.45) is 8.41. The van der Waals surface area contributed by atoms with Crippen LogP contribution in [0.2, 0.25) is 0 Å². The molecule has 0 amide bonds. The van der Waals surface area contributed by atoms with Crippen molar-refractivity contribution in [3.05, 3.63) is 0 Å². The topological polar surface area (TPSA) is 37.4 Å². The largest absolute Gasteiger partial charge is 0.285 e. The Kier molecular flexibility index (Phi) is 2.54. The van der Waals surface area contributed by atoms with Gasteiger partial charge in [-0.2, -0.15) is 0 Å². The molecule has 14 heavy (non-hydrogen) atoms. The number of rotatable bonds is 3. The Bertz CT molecular complexity index is 351. The van der Waals surface area contributed by atoms with Crippen LogP contribution >= 0.6 is 0 Å². The first-order valence-electron chi connectivity index (χ1n) is 5.02. The molecule has 2 fully saturated rings. The Hall–Kier alpha value is -0.530. The summed E-state index contributed by atoms with van der Waals surface area (Å²) in [6.45, 7) is 0.602. The molecule has 0 spiro atoms. The molecular weight excluding hydrogens is 198 g/mol. The van der Waals surface area contributed by atoms with Gasteiger partial charge in [-0.3, -0.25) is 4.90 Å². The van der Waals surface area contributed by atoms with E-state index in [1.807, 2.05) is 0 Å². The van der Waals surface area contributed by atoms with Gasteiger partial charge in [0.05, 0.1) is 18.1 Å². The second-order valence-electron chi connectivity index (χ2n) is 4.16. The van der Waals surface area contributed by atoms with Gasteiger partial charge in [-0.15, -0.1) is 6.42 Å². The van der Waals surface area contributed by atoms with Gasteiger partial charge in [-0.25, -0.2) is 8.42 Å². The number of hydrogen-bond acceptors (Lipinski definition) is 3. The van der Waals surface area contributed by atoms with Gasteiger partial charge < -0.3 is 0 Å². The first-order chi connectivity index (χ1) is 6.62. The molecule has 0 unspecified atom stereocenters. The van der Waals surface area contributed by atoms with Crippen LogP contribution in [0.3, 0.4) is 0 Å². The molecule has 1 saturated carbocycles. The van der Waals surface area contributed by atoms with E-state index in [0.29, 0.717) is 24.1 Å². The molecule has 1 heterocycles. The lowest BCUT2D eigenvalue weighted by atomic mass is 10.2. The van der Waals surface area contributed by atoms with Crippen molar-refractivity contribution in [1.82, 2.24) is 4.90 Å². The van der Waals surface area contributed by atoms with Gasteiger partial charge in [-0.05, 0) is 19.3 Å². The van der Waals surface area contributed by atoms with Crippen LogP contribution in [0.25, 0.3) is 0 Å². The fourth-order valence-corrected chi connectivity index (χ4v) is 3.85. The summed E-state index contributed by atoms with van der Waals surface area (Å²) in [6, 6.07) is 0.743. The van der Waals surface area contributed by atoms with Crippen molar-refractivity contribution in [1.29, 1.82) is 0 Å². The normalized spacial score (nSPS) is 30.4. The Morgan fingerprint density at radius 2 is 2.00 bits per heavy atom. The third-order valence-electron chi connectivity index (χ3n) is 2.97. The first-order valence-corrected chi connectivity index (χ1v) is 6.84. The molecule has 2 rings (SSSR count). The lowest BCUT2D eigenvalue weighted by molar-refractivity contribution is 0.229. The highest BCUT2D eigenvalue weighted by Gasteiger charge is 2.38. The van der Waals surface area contributed by atoms with Crippen LogP contribution < -0.4 is 0 Å². The van der Waals surface area contributed by atoms with Crippen LogP contribution in [0.15, 0.2) is 0 Å². The van der Waals surface area contributed by atoms with Crippen LogP contribution in [0, 0.1) is 12.3 Å². The molecule has 1 atom stereocenters. The zero-order chi connectivity index (χ0) is 10.2. The van der Waals surface area contributed by atoms with Crippen molar-refractivity contribution in [3.63, 3.8) is 0 Å². The van der Waals surface area contributed by atoms with Gasteiger partial charge in [0.2, 0.25) is 0 Å². The molecule has 0 aromatic carbocycles. The Morgan fingerprint density at radius 3 is 2.43 bits per heavy atom. The van der Waals surface area contributed by atoms with Crippen molar-refractivity contribution in [2.75, 3.05) is 18.1 Å². The number of hydrogen-bond donors (Lipinski definition) is 0. The number of nitrogens with zero attached hydrogens (tertiary/aromatic N) is 1. The summed E-state index contributed by atoms with van der Waals surface area (Å²) in [4.78, 5) is 2.20. The average Bonchev–Trinajstić information content (AvgIpc) is 2.87. The Labute approximate surface area is 85.4 Å². The third-order valence-corrected chi connectivity index (χ3v) is 4.72. The predicted molar refractivity (Wildman–Crippen MR) is 55.6 cm³/mol. The molecule has 1 aliphatic carbocycles. The lowest BCUT2D eigenvalue weighted by Crippen LogP contribution is -2.38. The second-order valence-corrected chi connectivity index (χ2v) is 6.39. The molecule has 0 aromatic heterocycles. The van der Waals surface area contributed by atoms with Gasteiger partial charge >= 0.3 is 0 Å². The molecule has 2 aliphatic rings. The fourth-order valence-electron chi connectivity index (χ4n) is 2.10. The minimum atomic E-state index is -2.77. The molecule has 1 saturated heterocycles. The van der Waals surface area contributed by atoms with Gasteiger partial charge in [-0.1, -0.05) is 5.92 Å². The monoisotopic (exact) mass is 213 g/mol. The number of sulfone groups is 1. The van der Waals surface area contributed by atoms with E-state index >= 15 is 0 Å². The van der Waals surface area contributed by atoms with Crippen molar-refractivity contribution >= 4 is 9.84 Å². The SMILES string of the molecule is C#CCN(C1CC1)[C@H]1CCS(=O)(=O)C1. The van der Waals surface area contributed by atoms with Crippen molar-refractivity contribution in [2.45, 2.75) is 31.3 Å². The maximum atomic E-state index is 11.3. The minimum Gasteiger partial charge on any atom is -0.285 e. The summed E-state index contributed by atoms with van der Waals surface area (Å²) < 4.78 is 22.6. The smallest absolute Gasteiger partial charge is 0.151 e. The average molecular weight is 213 g/mol. The quantitative estimate of drug-likeness (QED) is 0.632. The highest BCUT2D eigenvalue weighted by Crippen LogP contribution is 2.31. The van der Waals surface area contributed by atoms with E-state index < -0.39 is 9.84 Å². The molecule has 3 nitrogen and oxygen atoms in total. The molecule has 1 aliphatic heterocycles. The van der Waals surface area contributed by atoms with E-state index in [9.17, 15) is 8.42 Å². The Morgan fingerprint density at radius 1 is 1.29 bits per heavy atom. The van der Waals surface area contributed by atoms with Gasteiger partial charge in [0.15, 0.2) is 9.84 Å². The zero-order valence-electron chi connectivity index (χ0n) is 8.15. The maximum Gasteiger partial charge on any atom is 0.151 e. The van der Waals surface area contributed by atoms with Crippen LogP contribution in [0.4, 0.5) is 0 Å². The minimum absolute atomic E-state index is 0.184. The zero-order valence-corrected chi connectivity index (χ0v) is 8.96. The highest BCUT2D eigenvalue weighted by molar-refractivity contribution is 7.91. The summed E-state index contributed by atoms with van der Waals surface area (Å²) in [7, 11) is -2.77. The summed E-state index contributed by atoms with van der Waals surface area (Å²) in [5.41, 5.74) is 0. The molecule has 0 radical (unpaired) electrons.